The van der Waals surface area contributed by atoms with Gasteiger partial charge >= 0.3 is 5.97 Å². The molecule has 0 unspecified atom stereocenters. The molecule has 1 amide bonds. The topological polar surface area (TPSA) is 60.7 Å². The third kappa shape index (κ3) is 3.53. The van der Waals surface area contributed by atoms with E-state index in [1.54, 1.807) is 16.7 Å². The summed E-state index contributed by atoms with van der Waals surface area (Å²) in [6.45, 7) is 3.94. The van der Waals surface area contributed by atoms with Crippen molar-refractivity contribution in [2.75, 3.05) is 7.11 Å². The smallest absolute Gasteiger partial charge is 0.325 e. The Labute approximate surface area is 149 Å². The maximum atomic E-state index is 12.5. The van der Waals surface area contributed by atoms with Gasteiger partial charge in [0.25, 0.3) is 5.91 Å². The van der Waals surface area contributed by atoms with E-state index in [1.165, 1.54) is 18.4 Å². The average Bonchev–Trinajstić information content (AvgIpc) is 2.93. The van der Waals surface area contributed by atoms with Gasteiger partial charge in [-0.3, -0.25) is 9.59 Å². The van der Waals surface area contributed by atoms with Crippen molar-refractivity contribution < 1.29 is 14.3 Å². The molecule has 25 heavy (non-hydrogen) atoms. The van der Waals surface area contributed by atoms with Crippen molar-refractivity contribution in [3.8, 4) is 0 Å². The van der Waals surface area contributed by atoms with Crippen LogP contribution in [-0.4, -0.2) is 23.6 Å². The summed E-state index contributed by atoms with van der Waals surface area (Å²) in [7, 11) is 1.35. The van der Waals surface area contributed by atoms with Crippen LogP contribution in [0, 0.1) is 13.8 Å². The number of aryl methyl sites for hydroxylation is 2. The average molecular weight is 354 g/mol. The van der Waals surface area contributed by atoms with Gasteiger partial charge in [-0.15, -0.1) is 0 Å². The second-order valence-electron chi connectivity index (χ2n) is 5.75. The lowest BCUT2D eigenvalue weighted by Crippen LogP contribution is -2.22. The van der Waals surface area contributed by atoms with E-state index in [0.717, 1.165) is 21.3 Å². The number of benzene rings is 2. The van der Waals surface area contributed by atoms with Gasteiger partial charge in [0.1, 0.15) is 6.54 Å². The van der Waals surface area contributed by atoms with E-state index >= 15 is 0 Å². The quantitative estimate of drug-likeness (QED) is 0.679. The van der Waals surface area contributed by atoms with E-state index in [4.69, 9.17) is 4.74 Å². The lowest BCUT2D eigenvalue weighted by atomic mass is 10.1. The van der Waals surface area contributed by atoms with E-state index < -0.39 is 0 Å². The Morgan fingerprint density at radius 3 is 2.52 bits per heavy atom. The first kappa shape index (κ1) is 17.1. The van der Waals surface area contributed by atoms with Gasteiger partial charge in [-0.05, 0) is 37.6 Å². The summed E-state index contributed by atoms with van der Waals surface area (Å²) in [6, 6.07) is 13.1. The molecule has 5 nitrogen and oxygen atoms in total. The first-order valence-corrected chi connectivity index (χ1v) is 8.62. The van der Waals surface area contributed by atoms with E-state index in [-0.39, 0.29) is 18.4 Å². The number of hydrogen-bond donors (Lipinski definition) is 0. The van der Waals surface area contributed by atoms with Gasteiger partial charge in [0.15, 0.2) is 4.80 Å². The molecule has 0 N–H and O–H groups in total. The molecule has 2 aromatic carbocycles. The highest BCUT2D eigenvalue weighted by Gasteiger charge is 2.13. The summed E-state index contributed by atoms with van der Waals surface area (Å²) in [4.78, 5) is 29.1. The zero-order chi connectivity index (χ0) is 18.0. The number of fused-ring (bicyclic) bond motifs is 1. The largest absolute Gasteiger partial charge is 0.468 e. The first-order chi connectivity index (χ1) is 12.0. The van der Waals surface area contributed by atoms with Gasteiger partial charge < -0.3 is 9.30 Å². The fourth-order valence-electron chi connectivity index (χ4n) is 2.58. The van der Waals surface area contributed by atoms with Gasteiger partial charge in [-0.2, -0.15) is 4.99 Å². The van der Waals surface area contributed by atoms with E-state index in [9.17, 15) is 9.59 Å². The van der Waals surface area contributed by atoms with Crippen LogP contribution in [0.1, 0.15) is 21.5 Å². The van der Waals surface area contributed by atoms with Gasteiger partial charge in [0, 0.05) is 5.56 Å². The standard InChI is InChI=1S/C19H18N2O3S/c1-12-7-9-14(10-8-12)18(23)20-19-21(11-16(22)24-3)17-13(2)5-4-6-15(17)25-19/h4-10H,11H2,1-3H3. The maximum absolute atomic E-state index is 12.5. The molecule has 0 saturated carbocycles. The van der Waals surface area contributed by atoms with Crippen LogP contribution in [0.25, 0.3) is 10.2 Å². The van der Waals surface area contributed by atoms with Crippen LogP contribution in [-0.2, 0) is 16.1 Å². The molecular formula is C19H18N2O3S. The van der Waals surface area contributed by atoms with Crippen molar-refractivity contribution in [3.63, 3.8) is 0 Å². The third-order valence-corrected chi connectivity index (χ3v) is 4.96. The van der Waals surface area contributed by atoms with Gasteiger partial charge in [0.05, 0.1) is 17.3 Å². The highest BCUT2D eigenvalue weighted by atomic mass is 32.1. The first-order valence-electron chi connectivity index (χ1n) is 7.81. The van der Waals surface area contributed by atoms with Crippen LogP contribution < -0.4 is 4.80 Å². The van der Waals surface area contributed by atoms with Crippen LogP contribution in [0.2, 0.25) is 0 Å². The number of amides is 1. The number of methoxy groups -OCH3 is 1. The summed E-state index contributed by atoms with van der Waals surface area (Å²) < 4.78 is 7.50. The van der Waals surface area contributed by atoms with Crippen LogP contribution in [0.3, 0.4) is 0 Å². The SMILES string of the molecule is COC(=O)Cn1c(=NC(=O)c2ccc(C)cc2)sc2cccc(C)c21. The normalized spacial score (nSPS) is 11.7. The minimum atomic E-state index is -0.382. The van der Waals surface area contributed by atoms with Gasteiger partial charge in [-0.1, -0.05) is 41.2 Å². The Morgan fingerprint density at radius 2 is 1.84 bits per heavy atom. The number of ether oxygens (including phenoxy) is 1. The molecule has 3 aromatic rings. The Hall–Kier alpha value is -2.73. The number of carbonyl (C=O) groups is 2. The fourth-order valence-corrected chi connectivity index (χ4v) is 3.69. The van der Waals surface area contributed by atoms with Crippen LogP contribution in [0.4, 0.5) is 0 Å². The summed E-state index contributed by atoms with van der Waals surface area (Å²) in [6.07, 6.45) is 0. The second kappa shape index (κ2) is 7.03. The highest BCUT2D eigenvalue weighted by molar-refractivity contribution is 7.16. The molecular weight excluding hydrogens is 336 g/mol. The molecule has 0 fully saturated rings. The lowest BCUT2D eigenvalue weighted by Gasteiger charge is -2.05. The summed E-state index contributed by atoms with van der Waals surface area (Å²) in [5.41, 5.74) is 3.51. The molecule has 128 valence electrons. The number of nitrogens with zero attached hydrogens (tertiary/aromatic N) is 2. The molecule has 3 rings (SSSR count). The van der Waals surface area contributed by atoms with Crippen molar-refractivity contribution in [1.82, 2.24) is 4.57 Å². The zero-order valence-electron chi connectivity index (χ0n) is 14.3. The number of para-hydroxylation sites is 1. The van der Waals surface area contributed by atoms with Gasteiger partial charge in [0.2, 0.25) is 0 Å². The molecule has 0 aliphatic rings. The van der Waals surface area contributed by atoms with Crippen LogP contribution in [0.5, 0.6) is 0 Å². The summed E-state index contributed by atoms with van der Waals surface area (Å²) in [5.74, 6) is -0.713. The lowest BCUT2D eigenvalue weighted by molar-refractivity contribution is -0.141. The maximum Gasteiger partial charge on any atom is 0.325 e. The molecule has 1 aromatic heterocycles. The van der Waals surface area contributed by atoms with Crippen molar-refractivity contribution in [1.29, 1.82) is 0 Å². The Morgan fingerprint density at radius 1 is 1.12 bits per heavy atom. The zero-order valence-corrected chi connectivity index (χ0v) is 15.1. The molecule has 0 radical (unpaired) electrons. The van der Waals surface area contributed by atoms with E-state index in [2.05, 4.69) is 4.99 Å². The molecule has 0 bridgehead atoms. The van der Waals surface area contributed by atoms with Crippen LogP contribution >= 0.6 is 11.3 Å². The Balaban J connectivity index is 2.15. The molecule has 0 aliphatic heterocycles. The van der Waals surface area contributed by atoms with E-state index in [0.29, 0.717) is 10.4 Å². The highest BCUT2D eigenvalue weighted by Crippen LogP contribution is 2.21. The molecule has 0 aliphatic carbocycles. The molecule has 1 heterocycles. The summed E-state index contributed by atoms with van der Waals surface area (Å²) >= 11 is 1.38. The number of thiazole rings is 1. The van der Waals surface area contributed by atoms with Crippen LogP contribution in [0.15, 0.2) is 47.5 Å². The fraction of sp³-hybridized carbons (Fsp3) is 0.211. The van der Waals surface area contributed by atoms with Crippen molar-refractivity contribution >= 4 is 33.4 Å². The minimum absolute atomic E-state index is 0.0152. The molecule has 6 heteroatoms. The summed E-state index contributed by atoms with van der Waals surface area (Å²) in [5, 5.41) is 0. The second-order valence-corrected chi connectivity index (χ2v) is 6.76. The number of hydrogen-bond acceptors (Lipinski definition) is 4. The predicted octanol–water partition coefficient (Wildman–Crippen LogP) is 3.23. The molecule has 0 saturated heterocycles. The third-order valence-electron chi connectivity index (χ3n) is 3.91. The molecule has 0 spiro atoms. The number of aromatic nitrogens is 1. The monoisotopic (exact) mass is 354 g/mol. The Kier molecular flexibility index (Phi) is 4.81. The van der Waals surface area contributed by atoms with E-state index in [1.807, 2.05) is 44.2 Å². The Bertz CT molecular complexity index is 1010. The number of carbonyl (C=O) groups excluding carboxylic acids is 2. The van der Waals surface area contributed by atoms with Crippen molar-refractivity contribution in [3.05, 3.63) is 64.0 Å². The molecule has 0 atom stereocenters. The number of rotatable bonds is 3. The van der Waals surface area contributed by atoms with Crippen molar-refractivity contribution in [2.24, 2.45) is 4.99 Å². The number of esters is 1. The predicted molar refractivity (Wildman–Crippen MR) is 97.6 cm³/mol. The van der Waals surface area contributed by atoms with Crippen molar-refractivity contribution in [2.45, 2.75) is 20.4 Å². The van der Waals surface area contributed by atoms with Gasteiger partial charge in [-0.25, -0.2) is 0 Å². The minimum Gasteiger partial charge on any atom is -0.468 e.